The molecule has 5 nitrogen and oxygen atoms in total. The number of hydrogen-bond donors (Lipinski definition) is 2. The average Bonchev–Trinajstić information content (AvgIpc) is 2.65. The maximum atomic E-state index is 11.9. The molecule has 0 aromatic heterocycles. The Morgan fingerprint density at radius 1 is 0.962 bits per heavy atom. The number of allylic oxidation sites excluding steroid dienone is 3. The van der Waals surface area contributed by atoms with Crippen LogP contribution >= 0.6 is 0 Å². The lowest BCUT2D eigenvalue weighted by molar-refractivity contribution is -0.110. The van der Waals surface area contributed by atoms with Crippen molar-refractivity contribution in [3.05, 3.63) is 65.8 Å². The van der Waals surface area contributed by atoms with Gasteiger partial charge in [-0.2, -0.15) is 0 Å². The number of phenolic OH excluding ortho intramolecular Hbond substituents is 2. The van der Waals surface area contributed by atoms with Crippen molar-refractivity contribution in [2.45, 2.75) is 12.8 Å². The zero-order valence-corrected chi connectivity index (χ0v) is 14.8. The predicted molar refractivity (Wildman–Crippen MR) is 101 cm³/mol. The van der Waals surface area contributed by atoms with Gasteiger partial charge in [0.25, 0.3) is 0 Å². The third-order valence-corrected chi connectivity index (χ3v) is 3.77. The Morgan fingerprint density at radius 2 is 1.62 bits per heavy atom. The summed E-state index contributed by atoms with van der Waals surface area (Å²) in [5, 5.41) is 19.1. The number of hydrogen-bond acceptors (Lipinski definition) is 5. The SMILES string of the molecule is COc1cc(/C=C/C(=O)/C=C/CCc2ccc(O)c(OC)c2)ccc1O. The van der Waals surface area contributed by atoms with Gasteiger partial charge in [0.2, 0.25) is 0 Å². The van der Waals surface area contributed by atoms with Gasteiger partial charge in [0.15, 0.2) is 28.8 Å². The first-order valence-corrected chi connectivity index (χ1v) is 8.15. The summed E-state index contributed by atoms with van der Waals surface area (Å²) < 4.78 is 10.1. The summed E-state index contributed by atoms with van der Waals surface area (Å²) in [6, 6.07) is 10.1. The lowest BCUT2D eigenvalue weighted by atomic mass is 10.1. The van der Waals surface area contributed by atoms with E-state index < -0.39 is 0 Å². The van der Waals surface area contributed by atoms with Crippen molar-refractivity contribution in [1.29, 1.82) is 0 Å². The lowest BCUT2D eigenvalue weighted by Gasteiger charge is -2.05. The van der Waals surface area contributed by atoms with Crippen LogP contribution in [0.15, 0.2) is 54.6 Å². The van der Waals surface area contributed by atoms with E-state index in [0.717, 1.165) is 17.5 Å². The van der Waals surface area contributed by atoms with E-state index in [1.165, 1.54) is 32.4 Å². The largest absolute Gasteiger partial charge is 0.504 e. The van der Waals surface area contributed by atoms with Gasteiger partial charge in [-0.15, -0.1) is 0 Å². The van der Waals surface area contributed by atoms with Gasteiger partial charge in [0.05, 0.1) is 14.2 Å². The molecule has 0 fully saturated rings. The molecule has 2 aromatic rings. The Bertz CT molecular complexity index is 821. The van der Waals surface area contributed by atoms with Crippen molar-refractivity contribution < 1.29 is 24.5 Å². The Labute approximate surface area is 152 Å². The van der Waals surface area contributed by atoms with Crippen molar-refractivity contribution in [1.82, 2.24) is 0 Å². The van der Waals surface area contributed by atoms with Crippen LogP contribution in [0.1, 0.15) is 17.5 Å². The average molecular weight is 354 g/mol. The van der Waals surface area contributed by atoms with Crippen LogP contribution in [0.5, 0.6) is 23.0 Å². The molecular formula is C21H22O5. The first-order chi connectivity index (χ1) is 12.5. The number of ketones is 1. The van der Waals surface area contributed by atoms with Crippen molar-refractivity contribution in [3.8, 4) is 23.0 Å². The molecule has 0 unspecified atom stereocenters. The molecule has 0 spiro atoms. The minimum atomic E-state index is -0.125. The van der Waals surface area contributed by atoms with Gasteiger partial charge in [0, 0.05) is 0 Å². The summed E-state index contributed by atoms with van der Waals surface area (Å²) in [6.07, 6.45) is 7.89. The molecule has 136 valence electrons. The molecule has 0 aliphatic heterocycles. The Hall–Kier alpha value is -3.21. The van der Waals surface area contributed by atoms with E-state index in [-0.39, 0.29) is 17.3 Å². The highest BCUT2D eigenvalue weighted by molar-refractivity contribution is 6.02. The van der Waals surface area contributed by atoms with E-state index >= 15 is 0 Å². The molecule has 2 N–H and O–H groups in total. The second-order valence-electron chi connectivity index (χ2n) is 5.61. The standard InChI is InChI=1S/C21H22O5/c1-25-20-13-15(8-11-18(20)23)5-3-4-6-17(22)10-7-16-9-12-19(24)21(14-16)26-2/h4,6-14,23-24H,3,5H2,1-2H3/b6-4+,10-7+. The normalized spacial score (nSPS) is 11.2. The van der Waals surface area contributed by atoms with Crippen molar-refractivity contribution in [2.75, 3.05) is 14.2 Å². The zero-order chi connectivity index (χ0) is 18.9. The van der Waals surface area contributed by atoms with Gasteiger partial charge >= 0.3 is 0 Å². The highest BCUT2D eigenvalue weighted by atomic mass is 16.5. The number of rotatable bonds is 8. The fourth-order valence-corrected chi connectivity index (χ4v) is 2.36. The molecule has 0 saturated carbocycles. The Balaban J connectivity index is 1.87. The quantitative estimate of drug-likeness (QED) is 0.704. The number of carbonyl (C=O) groups excluding carboxylic acids is 1. The lowest BCUT2D eigenvalue weighted by Crippen LogP contribution is -1.89. The van der Waals surface area contributed by atoms with Gasteiger partial charge in [-0.1, -0.05) is 24.3 Å². The van der Waals surface area contributed by atoms with Crippen molar-refractivity contribution >= 4 is 11.9 Å². The second-order valence-corrected chi connectivity index (χ2v) is 5.61. The number of ether oxygens (including phenoxy) is 2. The van der Waals surface area contributed by atoms with Crippen LogP contribution in [0.2, 0.25) is 0 Å². The summed E-state index contributed by atoms with van der Waals surface area (Å²) in [4.78, 5) is 11.9. The summed E-state index contributed by atoms with van der Waals surface area (Å²) in [5.41, 5.74) is 1.78. The third-order valence-electron chi connectivity index (χ3n) is 3.77. The number of carbonyl (C=O) groups is 1. The zero-order valence-electron chi connectivity index (χ0n) is 14.8. The fourth-order valence-electron chi connectivity index (χ4n) is 2.36. The smallest absolute Gasteiger partial charge is 0.178 e. The molecule has 0 saturated heterocycles. The van der Waals surface area contributed by atoms with E-state index in [4.69, 9.17) is 9.47 Å². The highest BCUT2D eigenvalue weighted by Gasteiger charge is 2.02. The topological polar surface area (TPSA) is 76.0 Å². The molecule has 0 amide bonds. The summed E-state index contributed by atoms with van der Waals surface area (Å²) in [7, 11) is 2.98. The van der Waals surface area contributed by atoms with Crippen LogP contribution in [0.4, 0.5) is 0 Å². The molecule has 0 atom stereocenters. The van der Waals surface area contributed by atoms with Gasteiger partial charge in [0.1, 0.15) is 0 Å². The first kappa shape index (κ1) is 19.1. The molecular weight excluding hydrogens is 332 g/mol. The van der Waals surface area contributed by atoms with Gasteiger partial charge < -0.3 is 19.7 Å². The minimum absolute atomic E-state index is 0.0572. The number of phenols is 2. The van der Waals surface area contributed by atoms with E-state index in [1.807, 2.05) is 12.1 Å². The van der Waals surface area contributed by atoms with Gasteiger partial charge in [-0.05, 0) is 60.4 Å². The van der Waals surface area contributed by atoms with E-state index in [9.17, 15) is 15.0 Å². The van der Waals surface area contributed by atoms with E-state index in [2.05, 4.69) is 0 Å². The van der Waals surface area contributed by atoms with Crippen LogP contribution in [0.3, 0.4) is 0 Å². The fraction of sp³-hybridized carbons (Fsp3) is 0.190. The number of aromatic hydroxyl groups is 2. The van der Waals surface area contributed by atoms with Gasteiger partial charge in [-0.25, -0.2) is 0 Å². The van der Waals surface area contributed by atoms with Crippen molar-refractivity contribution in [2.24, 2.45) is 0 Å². The predicted octanol–water partition coefficient (Wildman–Crippen LogP) is 3.89. The van der Waals surface area contributed by atoms with Gasteiger partial charge in [-0.3, -0.25) is 4.79 Å². The Morgan fingerprint density at radius 3 is 2.31 bits per heavy atom. The summed E-state index contributed by atoms with van der Waals surface area (Å²) >= 11 is 0. The van der Waals surface area contributed by atoms with Crippen molar-refractivity contribution in [3.63, 3.8) is 0 Å². The number of benzene rings is 2. The highest BCUT2D eigenvalue weighted by Crippen LogP contribution is 2.27. The van der Waals surface area contributed by atoms with E-state index in [1.54, 1.807) is 30.3 Å². The molecule has 0 radical (unpaired) electrons. The molecule has 0 aliphatic carbocycles. The monoisotopic (exact) mass is 354 g/mol. The molecule has 2 aromatic carbocycles. The maximum absolute atomic E-state index is 11.9. The van der Waals surface area contributed by atoms with Crippen LogP contribution < -0.4 is 9.47 Å². The molecule has 0 aliphatic rings. The molecule has 0 heterocycles. The number of aryl methyl sites for hydroxylation is 1. The Kier molecular flexibility index (Phi) is 6.85. The molecule has 2 rings (SSSR count). The van der Waals surface area contributed by atoms with Crippen LogP contribution in [0.25, 0.3) is 6.08 Å². The van der Waals surface area contributed by atoms with E-state index in [0.29, 0.717) is 17.9 Å². The molecule has 26 heavy (non-hydrogen) atoms. The third kappa shape index (κ3) is 5.41. The summed E-state index contributed by atoms with van der Waals surface area (Å²) in [6.45, 7) is 0. The second kappa shape index (κ2) is 9.32. The molecule has 0 bridgehead atoms. The van der Waals surface area contributed by atoms with Crippen LogP contribution in [-0.2, 0) is 11.2 Å². The maximum Gasteiger partial charge on any atom is 0.178 e. The van der Waals surface area contributed by atoms with Crippen LogP contribution in [0, 0.1) is 0 Å². The number of methoxy groups -OCH3 is 2. The van der Waals surface area contributed by atoms with Crippen LogP contribution in [-0.4, -0.2) is 30.2 Å². The minimum Gasteiger partial charge on any atom is -0.504 e. The first-order valence-electron chi connectivity index (χ1n) is 8.15. The summed E-state index contributed by atoms with van der Waals surface area (Å²) in [5.74, 6) is 0.842. The molecule has 5 heteroatoms.